The number of carbonyl (C=O) groups excluding carboxylic acids is 1. The predicted molar refractivity (Wildman–Crippen MR) is 72.5 cm³/mol. The van der Waals surface area contributed by atoms with Gasteiger partial charge in [0.1, 0.15) is 11.5 Å². The zero-order valence-electron chi connectivity index (χ0n) is 10.4. The van der Waals surface area contributed by atoms with Crippen LogP contribution in [0.2, 0.25) is 0 Å². The van der Waals surface area contributed by atoms with Crippen LogP contribution in [0.3, 0.4) is 0 Å². The van der Waals surface area contributed by atoms with Gasteiger partial charge in [0.2, 0.25) is 0 Å². The van der Waals surface area contributed by atoms with E-state index in [9.17, 15) is 4.79 Å². The third-order valence-electron chi connectivity index (χ3n) is 2.86. The highest BCUT2D eigenvalue weighted by Gasteiger charge is 2.09. The van der Waals surface area contributed by atoms with Crippen LogP contribution in [0, 0.1) is 13.8 Å². The fourth-order valence-electron chi connectivity index (χ4n) is 1.65. The molecule has 0 saturated carbocycles. The Bertz CT molecular complexity index is 593. The molecule has 0 aliphatic rings. The van der Waals surface area contributed by atoms with Gasteiger partial charge in [-0.2, -0.15) is 0 Å². The Morgan fingerprint density at radius 2 is 1.89 bits per heavy atom. The first-order valence-corrected chi connectivity index (χ1v) is 5.68. The molecule has 1 aromatic carbocycles. The van der Waals surface area contributed by atoms with Crippen molar-refractivity contribution in [2.24, 2.45) is 0 Å². The lowest BCUT2D eigenvalue weighted by Crippen LogP contribution is -2.15. The molecule has 0 bridgehead atoms. The van der Waals surface area contributed by atoms with Crippen molar-refractivity contribution in [3.63, 3.8) is 0 Å². The Hall–Kier alpha value is -2.36. The maximum atomic E-state index is 12.0. The second-order valence-electron chi connectivity index (χ2n) is 4.15. The summed E-state index contributed by atoms with van der Waals surface area (Å²) in [5.41, 5.74) is 8.85. The van der Waals surface area contributed by atoms with Crippen molar-refractivity contribution in [2.75, 3.05) is 11.1 Å². The first-order chi connectivity index (χ1) is 8.58. The van der Waals surface area contributed by atoms with Crippen molar-refractivity contribution >= 4 is 17.4 Å². The van der Waals surface area contributed by atoms with Gasteiger partial charge in [-0.05, 0) is 43.2 Å². The highest BCUT2D eigenvalue weighted by atomic mass is 16.1. The Balaban J connectivity index is 2.24. The second-order valence-corrected chi connectivity index (χ2v) is 4.15. The number of carbonyl (C=O) groups is 1. The van der Waals surface area contributed by atoms with E-state index in [1.807, 2.05) is 32.0 Å². The van der Waals surface area contributed by atoms with Crippen molar-refractivity contribution in [1.82, 2.24) is 4.98 Å². The number of nitrogens with one attached hydrogen (secondary N) is 1. The van der Waals surface area contributed by atoms with E-state index >= 15 is 0 Å². The molecule has 4 nitrogen and oxygen atoms in total. The summed E-state index contributed by atoms with van der Waals surface area (Å²) >= 11 is 0. The quantitative estimate of drug-likeness (QED) is 0.849. The topological polar surface area (TPSA) is 68.0 Å². The number of hydrogen-bond acceptors (Lipinski definition) is 3. The van der Waals surface area contributed by atoms with Crippen molar-refractivity contribution in [1.29, 1.82) is 0 Å². The van der Waals surface area contributed by atoms with Crippen LogP contribution >= 0.6 is 0 Å². The van der Waals surface area contributed by atoms with Gasteiger partial charge in [-0.25, -0.2) is 4.98 Å². The van der Waals surface area contributed by atoms with Crippen LogP contribution in [0.1, 0.15) is 21.6 Å². The highest BCUT2D eigenvalue weighted by molar-refractivity contribution is 6.03. The molecule has 0 aliphatic heterocycles. The molecule has 1 heterocycles. The summed E-state index contributed by atoms with van der Waals surface area (Å²) < 4.78 is 0. The highest BCUT2D eigenvalue weighted by Crippen LogP contribution is 2.18. The molecule has 0 saturated heterocycles. The third kappa shape index (κ3) is 2.48. The van der Waals surface area contributed by atoms with E-state index in [-0.39, 0.29) is 5.91 Å². The summed E-state index contributed by atoms with van der Waals surface area (Å²) in [5.74, 6) is 0.0830. The number of aromatic nitrogens is 1. The number of pyridine rings is 1. The van der Waals surface area contributed by atoms with Crippen molar-refractivity contribution < 1.29 is 4.79 Å². The van der Waals surface area contributed by atoms with Crippen molar-refractivity contribution in [3.8, 4) is 0 Å². The summed E-state index contributed by atoms with van der Waals surface area (Å²) in [6.45, 7) is 3.97. The number of amides is 1. The standard InChI is InChI=1S/C14H15N3O/c1-9-5-3-6-11(10(9)2)17-14(18)12-7-4-8-13(15)16-12/h3-8H,1-2H3,(H2,15,16)(H,17,18). The normalized spacial score (nSPS) is 10.1. The first-order valence-electron chi connectivity index (χ1n) is 5.68. The molecule has 0 aliphatic carbocycles. The molecule has 3 N–H and O–H groups in total. The van der Waals surface area contributed by atoms with Crippen LogP contribution in [0.25, 0.3) is 0 Å². The largest absolute Gasteiger partial charge is 0.384 e. The number of benzene rings is 1. The maximum Gasteiger partial charge on any atom is 0.274 e. The van der Waals surface area contributed by atoms with Crippen LogP contribution in [0.15, 0.2) is 36.4 Å². The Kier molecular flexibility index (Phi) is 3.28. The molecule has 92 valence electrons. The number of nitrogen functional groups attached to an aromatic ring is 1. The van der Waals surface area contributed by atoms with E-state index in [0.29, 0.717) is 11.5 Å². The Morgan fingerprint density at radius 1 is 1.17 bits per heavy atom. The third-order valence-corrected chi connectivity index (χ3v) is 2.86. The molecule has 2 rings (SSSR count). The number of rotatable bonds is 2. The van der Waals surface area contributed by atoms with E-state index in [0.717, 1.165) is 16.8 Å². The minimum atomic E-state index is -0.254. The van der Waals surface area contributed by atoms with Gasteiger partial charge in [0, 0.05) is 5.69 Å². The van der Waals surface area contributed by atoms with E-state index in [2.05, 4.69) is 10.3 Å². The zero-order chi connectivity index (χ0) is 13.1. The van der Waals surface area contributed by atoms with Crippen LogP contribution < -0.4 is 11.1 Å². The van der Waals surface area contributed by atoms with E-state index in [4.69, 9.17) is 5.73 Å². The molecule has 18 heavy (non-hydrogen) atoms. The lowest BCUT2D eigenvalue weighted by Gasteiger charge is -2.10. The summed E-state index contributed by atoms with van der Waals surface area (Å²) in [6.07, 6.45) is 0. The van der Waals surface area contributed by atoms with Gasteiger partial charge in [0.05, 0.1) is 0 Å². The smallest absolute Gasteiger partial charge is 0.274 e. The Labute approximate surface area is 106 Å². The fraction of sp³-hybridized carbons (Fsp3) is 0.143. The number of hydrogen-bond donors (Lipinski definition) is 2. The van der Waals surface area contributed by atoms with Gasteiger partial charge in [-0.3, -0.25) is 4.79 Å². The Morgan fingerprint density at radius 3 is 2.61 bits per heavy atom. The number of aryl methyl sites for hydroxylation is 1. The van der Waals surface area contributed by atoms with E-state index in [1.54, 1.807) is 18.2 Å². The summed E-state index contributed by atoms with van der Waals surface area (Å²) in [6, 6.07) is 10.8. The SMILES string of the molecule is Cc1cccc(NC(=O)c2cccc(N)n2)c1C. The fourth-order valence-corrected chi connectivity index (χ4v) is 1.65. The predicted octanol–water partition coefficient (Wildman–Crippen LogP) is 2.53. The van der Waals surface area contributed by atoms with Gasteiger partial charge in [0.25, 0.3) is 5.91 Å². The second kappa shape index (κ2) is 4.87. The minimum absolute atomic E-state index is 0.254. The van der Waals surface area contributed by atoms with Gasteiger partial charge >= 0.3 is 0 Å². The molecule has 2 aromatic rings. The molecule has 0 atom stereocenters. The molecular formula is C14H15N3O. The average molecular weight is 241 g/mol. The lowest BCUT2D eigenvalue weighted by molar-refractivity contribution is 0.102. The molecule has 1 aromatic heterocycles. The lowest BCUT2D eigenvalue weighted by atomic mass is 10.1. The van der Waals surface area contributed by atoms with Crippen molar-refractivity contribution in [3.05, 3.63) is 53.2 Å². The molecular weight excluding hydrogens is 226 g/mol. The van der Waals surface area contributed by atoms with Crippen molar-refractivity contribution in [2.45, 2.75) is 13.8 Å². The molecule has 4 heteroatoms. The van der Waals surface area contributed by atoms with E-state index in [1.165, 1.54) is 0 Å². The summed E-state index contributed by atoms with van der Waals surface area (Å²) in [7, 11) is 0. The summed E-state index contributed by atoms with van der Waals surface area (Å²) in [4.78, 5) is 16.0. The number of nitrogens with zero attached hydrogens (tertiary/aromatic N) is 1. The van der Waals surface area contributed by atoms with Crippen LogP contribution in [0.4, 0.5) is 11.5 Å². The van der Waals surface area contributed by atoms with Crippen LogP contribution in [0.5, 0.6) is 0 Å². The maximum absolute atomic E-state index is 12.0. The number of anilines is 2. The monoisotopic (exact) mass is 241 g/mol. The zero-order valence-corrected chi connectivity index (χ0v) is 10.4. The molecule has 0 radical (unpaired) electrons. The van der Waals surface area contributed by atoms with Crippen LogP contribution in [-0.2, 0) is 0 Å². The molecule has 0 unspecified atom stereocenters. The minimum Gasteiger partial charge on any atom is -0.384 e. The van der Waals surface area contributed by atoms with Gasteiger partial charge in [-0.1, -0.05) is 18.2 Å². The van der Waals surface area contributed by atoms with Crippen LogP contribution in [-0.4, -0.2) is 10.9 Å². The van der Waals surface area contributed by atoms with Gasteiger partial charge in [-0.15, -0.1) is 0 Å². The molecule has 0 fully saturated rings. The van der Waals surface area contributed by atoms with E-state index < -0.39 is 0 Å². The summed E-state index contributed by atoms with van der Waals surface area (Å²) in [5, 5.41) is 2.84. The van der Waals surface area contributed by atoms with Gasteiger partial charge < -0.3 is 11.1 Å². The molecule has 0 spiro atoms. The van der Waals surface area contributed by atoms with Gasteiger partial charge in [0.15, 0.2) is 0 Å². The average Bonchev–Trinajstić information content (AvgIpc) is 2.35. The first kappa shape index (κ1) is 12.1. The molecule has 1 amide bonds. The number of nitrogens with two attached hydrogens (primary N) is 1.